The van der Waals surface area contributed by atoms with Crippen LogP contribution in [0.25, 0.3) is 0 Å². The number of rotatable bonds is 2. The minimum Gasteiger partial charge on any atom is -0.504 e. The first kappa shape index (κ1) is 7.68. The zero-order valence-electron chi connectivity index (χ0n) is 6.16. The molecule has 0 spiro atoms. The van der Waals surface area contributed by atoms with E-state index in [1.807, 2.05) is 0 Å². The predicted octanol–water partition coefficient (Wildman–Crippen LogP) is 0.686. The van der Waals surface area contributed by atoms with Gasteiger partial charge in [-0.1, -0.05) is 0 Å². The van der Waals surface area contributed by atoms with Crippen LogP contribution in [-0.2, 0) is 0 Å². The fourth-order valence-electron chi connectivity index (χ4n) is 0.767. The number of anilines is 1. The Balaban J connectivity index is 3.02. The van der Waals surface area contributed by atoms with Gasteiger partial charge in [0.05, 0.1) is 12.8 Å². The topological polar surface area (TPSA) is 67.5 Å². The molecular weight excluding hydrogens is 144 g/mol. The molecule has 0 saturated carbocycles. The molecule has 4 nitrogen and oxygen atoms in total. The van der Waals surface area contributed by atoms with Crippen LogP contribution < -0.4 is 16.0 Å². The summed E-state index contributed by atoms with van der Waals surface area (Å²) in [6, 6.07) is 4.77. The van der Waals surface area contributed by atoms with Gasteiger partial charge < -0.3 is 15.3 Å². The van der Waals surface area contributed by atoms with Gasteiger partial charge in [-0.05, 0) is 12.1 Å². The van der Waals surface area contributed by atoms with Gasteiger partial charge >= 0.3 is 0 Å². The average Bonchev–Trinajstić information content (AvgIpc) is 2.05. The van der Waals surface area contributed by atoms with E-state index in [9.17, 15) is 0 Å². The lowest BCUT2D eigenvalue weighted by molar-refractivity contribution is 0.373. The molecule has 60 valence electrons. The van der Waals surface area contributed by atoms with Crippen LogP contribution in [0, 0.1) is 0 Å². The van der Waals surface area contributed by atoms with Crippen molar-refractivity contribution in [3.05, 3.63) is 18.2 Å². The fraction of sp³-hybridized carbons (Fsp3) is 0.143. The minimum absolute atomic E-state index is 0.103. The molecule has 0 fully saturated rings. The number of hydrazine groups is 1. The number of phenolic OH excluding ortho intramolecular Hbond substituents is 1. The van der Waals surface area contributed by atoms with E-state index >= 15 is 0 Å². The van der Waals surface area contributed by atoms with Crippen molar-refractivity contribution in [3.63, 3.8) is 0 Å². The molecule has 0 amide bonds. The van der Waals surface area contributed by atoms with E-state index in [1.54, 1.807) is 12.1 Å². The molecule has 0 radical (unpaired) electrons. The third-order valence-corrected chi connectivity index (χ3v) is 1.35. The van der Waals surface area contributed by atoms with Crippen LogP contribution in [0.4, 0.5) is 5.69 Å². The molecule has 1 aromatic rings. The van der Waals surface area contributed by atoms with Crippen LogP contribution in [0.2, 0.25) is 0 Å². The largest absolute Gasteiger partial charge is 0.504 e. The van der Waals surface area contributed by atoms with Gasteiger partial charge in [0.1, 0.15) is 0 Å². The molecule has 4 N–H and O–H groups in total. The molecule has 0 aromatic heterocycles. The van der Waals surface area contributed by atoms with Crippen molar-refractivity contribution in [2.75, 3.05) is 12.5 Å². The predicted molar refractivity (Wildman–Crippen MR) is 42.5 cm³/mol. The summed E-state index contributed by atoms with van der Waals surface area (Å²) in [7, 11) is 1.48. The van der Waals surface area contributed by atoms with Crippen molar-refractivity contribution in [3.8, 4) is 11.5 Å². The lowest BCUT2D eigenvalue weighted by Crippen LogP contribution is -2.06. The first-order valence-corrected chi connectivity index (χ1v) is 3.11. The normalized spacial score (nSPS) is 9.27. The number of benzene rings is 1. The molecule has 4 heteroatoms. The lowest BCUT2D eigenvalue weighted by Gasteiger charge is -2.04. The number of hydrogen-bond donors (Lipinski definition) is 3. The Morgan fingerprint density at radius 3 is 2.82 bits per heavy atom. The van der Waals surface area contributed by atoms with Crippen LogP contribution in [0.15, 0.2) is 18.2 Å². The van der Waals surface area contributed by atoms with E-state index in [0.29, 0.717) is 11.4 Å². The molecule has 1 aromatic carbocycles. The molecule has 0 saturated heterocycles. The summed E-state index contributed by atoms with van der Waals surface area (Å²) in [5.74, 6) is 5.64. The van der Waals surface area contributed by atoms with Gasteiger partial charge in [-0.2, -0.15) is 0 Å². The second kappa shape index (κ2) is 3.12. The van der Waals surface area contributed by atoms with Gasteiger partial charge in [-0.3, -0.25) is 5.84 Å². The van der Waals surface area contributed by atoms with E-state index in [-0.39, 0.29) is 5.75 Å². The maximum Gasteiger partial charge on any atom is 0.162 e. The molecule has 0 aliphatic carbocycles. The second-order valence-corrected chi connectivity index (χ2v) is 2.03. The van der Waals surface area contributed by atoms with E-state index in [4.69, 9.17) is 15.7 Å². The summed E-state index contributed by atoms with van der Waals surface area (Å²) in [6.45, 7) is 0. The van der Waals surface area contributed by atoms with Gasteiger partial charge in [-0.25, -0.2) is 0 Å². The number of nitrogen functional groups attached to an aromatic ring is 1. The molecule has 0 bridgehead atoms. The number of methoxy groups -OCH3 is 1. The highest BCUT2D eigenvalue weighted by molar-refractivity contribution is 5.53. The standard InChI is InChI=1S/C7H10N2O2/c1-11-7-4-5(9-8)2-3-6(7)10/h2-4,9-10H,8H2,1H3. The number of nitrogens with two attached hydrogens (primary N) is 1. The number of phenols is 1. The quantitative estimate of drug-likeness (QED) is 0.333. The van der Waals surface area contributed by atoms with Crippen LogP contribution in [0.1, 0.15) is 0 Å². The smallest absolute Gasteiger partial charge is 0.162 e. The first-order chi connectivity index (χ1) is 5.27. The Kier molecular flexibility index (Phi) is 2.18. The zero-order chi connectivity index (χ0) is 8.27. The minimum atomic E-state index is 0.103. The monoisotopic (exact) mass is 154 g/mol. The Hall–Kier alpha value is -1.42. The van der Waals surface area contributed by atoms with E-state index < -0.39 is 0 Å². The van der Waals surface area contributed by atoms with Crippen molar-refractivity contribution in [2.45, 2.75) is 0 Å². The summed E-state index contributed by atoms with van der Waals surface area (Å²) >= 11 is 0. The van der Waals surface area contributed by atoms with Crippen molar-refractivity contribution >= 4 is 5.69 Å². The lowest BCUT2D eigenvalue weighted by atomic mass is 10.3. The third kappa shape index (κ3) is 1.53. The summed E-state index contributed by atoms with van der Waals surface area (Å²) in [4.78, 5) is 0. The van der Waals surface area contributed by atoms with Crippen molar-refractivity contribution in [1.29, 1.82) is 0 Å². The molecule has 0 unspecified atom stereocenters. The fourth-order valence-corrected chi connectivity index (χ4v) is 0.767. The summed E-state index contributed by atoms with van der Waals surface area (Å²) in [5, 5.41) is 9.14. The third-order valence-electron chi connectivity index (χ3n) is 1.35. The SMILES string of the molecule is COc1cc(NN)ccc1O. The average molecular weight is 154 g/mol. The highest BCUT2D eigenvalue weighted by Gasteiger charge is 1.99. The number of ether oxygens (including phenoxy) is 1. The number of nitrogens with one attached hydrogen (secondary N) is 1. The number of aromatic hydroxyl groups is 1. The number of hydrogen-bond acceptors (Lipinski definition) is 4. The van der Waals surface area contributed by atoms with E-state index in [0.717, 1.165) is 0 Å². The Morgan fingerprint density at radius 2 is 2.27 bits per heavy atom. The molecule has 11 heavy (non-hydrogen) atoms. The van der Waals surface area contributed by atoms with Gasteiger partial charge in [0.2, 0.25) is 0 Å². The highest BCUT2D eigenvalue weighted by atomic mass is 16.5. The Bertz CT molecular complexity index is 250. The molecule has 0 aliphatic heterocycles. The van der Waals surface area contributed by atoms with Crippen LogP contribution in [0.3, 0.4) is 0 Å². The van der Waals surface area contributed by atoms with Gasteiger partial charge in [0.15, 0.2) is 11.5 Å². The van der Waals surface area contributed by atoms with Crippen molar-refractivity contribution in [2.24, 2.45) is 5.84 Å². The van der Waals surface area contributed by atoms with Crippen LogP contribution in [0.5, 0.6) is 11.5 Å². The molecule has 0 aliphatic rings. The maximum atomic E-state index is 9.14. The maximum absolute atomic E-state index is 9.14. The van der Waals surface area contributed by atoms with Gasteiger partial charge in [0.25, 0.3) is 0 Å². The van der Waals surface area contributed by atoms with Crippen molar-refractivity contribution in [1.82, 2.24) is 0 Å². The first-order valence-electron chi connectivity index (χ1n) is 3.11. The van der Waals surface area contributed by atoms with Crippen LogP contribution in [-0.4, -0.2) is 12.2 Å². The van der Waals surface area contributed by atoms with Gasteiger partial charge in [0, 0.05) is 6.07 Å². The summed E-state index contributed by atoms with van der Waals surface area (Å²) in [6.07, 6.45) is 0. The summed E-state index contributed by atoms with van der Waals surface area (Å²) in [5.41, 5.74) is 3.13. The highest BCUT2D eigenvalue weighted by Crippen LogP contribution is 2.27. The van der Waals surface area contributed by atoms with E-state index in [1.165, 1.54) is 13.2 Å². The summed E-state index contributed by atoms with van der Waals surface area (Å²) < 4.78 is 4.84. The Morgan fingerprint density at radius 1 is 1.55 bits per heavy atom. The van der Waals surface area contributed by atoms with E-state index in [2.05, 4.69) is 5.43 Å². The zero-order valence-corrected chi connectivity index (χ0v) is 6.16. The molecule has 1 rings (SSSR count). The Labute approximate surface area is 64.6 Å². The molecule has 0 atom stereocenters. The van der Waals surface area contributed by atoms with Crippen molar-refractivity contribution < 1.29 is 9.84 Å². The van der Waals surface area contributed by atoms with Crippen LogP contribution >= 0.6 is 0 Å². The molecule has 0 heterocycles. The van der Waals surface area contributed by atoms with Gasteiger partial charge in [-0.15, -0.1) is 0 Å². The molecular formula is C7H10N2O2. The second-order valence-electron chi connectivity index (χ2n) is 2.03.